The minimum Gasteiger partial charge on any atom is -0.350 e. The van der Waals surface area contributed by atoms with Crippen LogP contribution in [0.4, 0.5) is 0 Å². The fourth-order valence-electron chi connectivity index (χ4n) is 2.77. The molecule has 0 bridgehead atoms. The quantitative estimate of drug-likeness (QED) is 0.696. The molecule has 4 nitrogen and oxygen atoms in total. The van der Waals surface area contributed by atoms with Crippen LogP contribution >= 0.6 is 11.6 Å². The van der Waals surface area contributed by atoms with Crippen molar-refractivity contribution in [1.82, 2.24) is 10.3 Å². The zero-order chi connectivity index (χ0) is 17.1. The number of H-pyrrole nitrogens is 1. The van der Waals surface area contributed by atoms with Crippen molar-refractivity contribution >= 4 is 34.7 Å². The van der Waals surface area contributed by atoms with Crippen molar-refractivity contribution in [2.24, 2.45) is 0 Å². The largest absolute Gasteiger partial charge is 0.350 e. The summed E-state index contributed by atoms with van der Waals surface area (Å²) in [6, 6.07) is 14.4. The van der Waals surface area contributed by atoms with E-state index in [0.29, 0.717) is 17.1 Å². The van der Waals surface area contributed by atoms with Crippen molar-refractivity contribution in [2.75, 3.05) is 0 Å². The van der Waals surface area contributed by atoms with E-state index in [-0.39, 0.29) is 5.91 Å². The molecule has 1 aromatic heterocycles. The van der Waals surface area contributed by atoms with E-state index < -0.39 is 6.04 Å². The van der Waals surface area contributed by atoms with Gasteiger partial charge in [-0.05, 0) is 42.7 Å². The molecule has 1 heterocycles. The molecule has 122 valence electrons. The topological polar surface area (TPSA) is 62.0 Å². The highest BCUT2D eigenvalue weighted by molar-refractivity contribution is 6.31. The molecule has 5 heteroatoms. The first-order valence-electron chi connectivity index (χ1n) is 7.66. The molecule has 1 unspecified atom stereocenters. The minimum atomic E-state index is -0.575. The summed E-state index contributed by atoms with van der Waals surface area (Å²) < 4.78 is 0. The number of carbonyl (C=O) groups is 2. The summed E-state index contributed by atoms with van der Waals surface area (Å²) in [7, 11) is 0. The van der Waals surface area contributed by atoms with E-state index in [1.807, 2.05) is 49.4 Å². The highest BCUT2D eigenvalue weighted by atomic mass is 35.5. The molecule has 0 aliphatic rings. The summed E-state index contributed by atoms with van der Waals surface area (Å²) >= 11 is 6.02. The number of hydrogen-bond acceptors (Lipinski definition) is 2. The number of rotatable bonds is 5. The lowest BCUT2D eigenvalue weighted by molar-refractivity contribution is -0.109. The Morgan fingerprint density at radius 1 is 1.25 bits per heavy atom. The molecule has 2 aromatic carbocycles. The van der Waals surface area contributed by atoms with E-state index in [2.05, 4.69) is 10.3 Å². The Hall–Kier alpha value is -2.59. The van der Waals surface area contributed by atoms with E-state index in [9.17, 15) is 9.59 Å². The third-order valence-corrected chi connectivity index (χ3v) is 4.26. The maximum Gasteiger partial charge on any atom is 0.268 e. The molecule has 0 saturated carbocycles. The van der Waals surface area contributed by atoms with Crippen LogP contribution in [0.3, 0.4) is 0 Å². The Kier molecular flexibility index (Phi) is 4.67. The molecular formula is C19H17ClN2O2. The van der Waals surface area contributed by atoms with Crippen molar-refractivity contribution in [3.8, 4) is 0 Å². The first kappa shape index (κ1) is 16.3. The molecule has 0 aliphatic carbocycles. The molecule has 1 atom stereocenters. The van der Waals surface area contributed by atoms with Gasteiger partial charge in [0.15, 0.2) is 0 Å². The number of aldehydes is 1. The van der Waals surface area contributed by atoms with Crippen LogP contribution in [0.25, 0.3) is 10.9 Å². The van der Waals surface area contributed by atoms with Crippen LogP contribution in [0.5, 0.6) is 0 Å². The summed E-state index contributed by atoms with van der Waals surface area (Å²) in [4.78, 5) is 27.0. The smallest absolute Gasteiger partial charge is 0.268 e. The van der Waals surface area contributed by atoms with Crippen molar-refractivity contribution in [3.63, 3.8) is 0 Å². The summed E-state index contributed by atoms with van der Waals surface area (Å²) in [5.74, 6) is -0.298. The molecule has 0 radical (unpaired) electrons. The number of nitrogens with one attached hydrogen (secondary N) is 2. The molecule has 0 aliphatic heterocycles. The van der Waals surface area contributed by atoms with Crippen LogP contribution in [0.2, 0.25) is 5.02 Å². The number of aromatic nitrogens is 1. The lowest BCUT2D eigenvalue weighted by Gasteiger charge is -2.12. The number of benzene rings is 2. The Balaban J connectivity index is 1.81. The second-order valence-corrected chi connectivity index (χ2v) is 6.16. The zero-order valence-corrected chi connectivity index (χ0v) is 13.9. The van der Waals surface area contributed by atoms with Crippen molar-refractivity contribution in [1.29, 1.82) is 0 Å². The van der Waals surface area contributed by atoms with Crippen LogP contribution in [0, 0.1) is 6.92 Å². The Labute approximate surface area is 144 Å². The lowest BCUT2D eigenvalue weighted by atomic mass is 10.1. The molecule has 2 N–H and O–H groups in total. The fourth-order valence-corrected chi connectivity index (χ4v) is 2.94. The van der Waals surface area contributed by atoms with Gasteiger partial charge >= 0.3 is 0 Å². The van der Waals surface area contributed by atoms with E-state index in [1.165, 1.54) is 0 Å². The molecule has 0 saturated heterocycles. The number of aromatic amines is 1. The number of hydrogen-bond donors (Lipinski definition) is 2. The maximum atomic E-state index is 12.5. The summed E-state index contributed by atoms with van der Waals surface area (Å²) in [5, 5.41) is 4.29. The van der Waals surface area contributed by atoms with Crippen molar-refractivity contribution in [3.05, 3.63) is 70.4 Å². The van der Waals surface area contributed by atoms with Crippen LogP contribution in [0.15, 0.2) is 48.5 Å². The average Bonchev–Trinajstić information content (AvgIpc) is 2.92. The van der Waals surface area contributed by atoms with Crippen molar-refractivity contribution < 1.29 is 9.59 Å². The van der Waals surface area contributed by atoms with Crippen LogP contribution in [-0.2, 0) is 11.2 Å². The first-order valence-corrected chi connectivity index (χ1v) is 8.04. The van der Waals surface area contributed by atoms with E-state index in [1.54, 1.807) is 6.07 Å². The number of halogens is 1. The van der Waals surface area contributed by atoms with Crippen molar-refractivity contribution in [2.45, 2.75) is 19.4 Å². The molecule has 3 rings (SSSR count). The maximum absolute atomic E-state index is 12.5. The summed E-state index contributed by atoms with van der Waals surface area (Å²) in [6.45, 7) is 1.86. The van der Waals surface area contributed by atoms with Gasteiger partial charge < -0.3 is 15.1 Å². The predicted octanol–water partition coefficient (Wildman–Crippen LogP) is 3.67. The minimum absolute atomic E-state index is 0.298. The van der Waals surface area contributed by atoms with Gasteiger partial charge in [0.1, 0.15) is 12.0 Å². The van der Waals surface area contributed by atoms with Gasteiger partial charge in [0.25, 0.3) is 5.91 Å². The lowest BCUT2D eigenvalue weighted by Crippen LogP contribution is -2.38. The third kappa shape index (κ3) is 3.34. The van der Waals surface area contributed by atoms with Gasteiger partial charge in [-0.2, -0.15) is 0 Å². The number of fused-ring (bicyclic) bond motifs is 1. The number of carbonyl (C=O) groups excluding carboxylic acids is 2. The van der Waals surface area contributed by atoms with Gasteiger partial charge in [0, 0.05) is 15.9 Å². The normalized spacial score (nSPS) is 12.1. The highest BCUT2D eigenvalue weighted by Crippen LogP contribution is 2.25. The fraction of sp³-hybridized carbons (Fsp3) is 0.158. The molecule has 1 amide bonds. The standard InChI is InChI=1S/C19H17ClN2O2/c1-12-16-10-14(20)7-8-17(16)22-18(12)19(24)21-15(11-23)9-13-5-3-2-4-6-13/h2-8,10-11,15,22H,9H2,1H3,(H,21,24). The van der Waals surface area contributed by atoms with Crippen LogP contribution in [0.1, 0.15) is 21.6 Å². The van der Waals surface area contributed by atoms with E-state index in [0.717, 1.165) is 28.3 Å². The molecule has 3 aromatic rings. The number of amides is 1. The molecular weight excluding hydrogens is 324 g/mol. The van der Waals surface area contributed by atoms with E-state index >= 15 is 0 Å². The third-order valence-electron chi connectivity index (χ3n) is 4.03. The van der Waals surface area contributed by atoms with Gasteiger partial charge in [-0.3, -0.25) is 4.79 Å². The van der Waals surface area contributed by atoms with E-state index in [4.69, 9.17) is 11.6 Å². The summed E-state index contributed by atoms with van der Waals surface area (Å²) in [6.07, 6.45) is 1.22. The average molecular weight is 341 g/mol. The Bertz CT molecular complexity index is 887. The molecule has 24 heavy (non-hydrogen) atoms. The molecule has 0 spiro atoms. The highest BCUT2D eigenvalue weighted by Gasteiger charge is 2.18. The second-order valence-electron chi connectivity index (χ2n) is 5.72. The van der Waals surface area contributed by atoms with Gasteiger partial charge in [0.05, 0.1) is 6.04 Å². The van der Waals surface area contributed by atoms with Gasteiger partial charge in [-0.15, -0.1) is 0 Å². The Morgan fingerprint density at radius 3 is 2.71 bits per heavy atom. The predicted molar refractivity (Wildman–Crippen MR) is 95.5 cm³/mol. The Morgan fingerprint density at radius 2 is 2.00 bits per heavy atom. The number of aryl methyl sites for hydroxylation is 1. The zero-order valence-electron chi connectivity index (χ0n) is 13.2. The monoisotopic (exact) mass is 340 g/mol. The van der Waals surface area contributed by atoms with Gasteiger partial charge in [-0.25, -0.2) is 0 Å². The first-order chi connectivity index (χ1) is 11.6. The van der Waals surface area contributed by atoms with Crippen LogP contribution < -0.4 is 5.32 Å². The second kappa shape index (κ2) is 6.89. The summed E-state index contributed by atoms with van der Waals surface area (Å²) in [5.41, 5.74) is 3.10. The van der Waals surface area contributed by atoms with Gasteiger partial charge in [-0.1, -0.05) is 41.9 Å². The van der Waals surface area contributed by atoms with Gasteiger partial charge in [0.2, 0.25) is 0 Å². The molecule has 0 fully saturated rings. The van der Waals surface area contributed by atoms with Crippen LogP contribution in [-0.4, -0.2) is 23.2 Å². The SMILES string of the molecule is Cc1c(C(=O)NC(C=O)Cc2ccccc2)[nH]c2ccc(Cl)cc12.